The monoisotopic (exact) mass is 390 g/mol. The second-order valence-electron chi connectivity index (χ2n) is 10.0. The first-order valence-electron chi connectivity index (χ1n) is 10.9. The van der Waals surface area contributed by atoms with Crippen LogP contribution >= 0.6 is 0 Å². The minimum atomic E-state index is -0.136. The molecular formula is C25H42O3. The van der Waals surface area contributed by atoms with Gasteiger partial charge in [0, 0.05) is 6.42 Å². The summed E-state index contributed by atoms with van der Waals surface area (Å²) in [7, 11) is 0. The largest absolute Gasteiger partial charge is 0.507 e. The van der Waals surface area contributed by atoms with E-state index >= 15 is 0 Å². The molecule has 3 heteroatoms. The first-order valence-corrected chi connectivity index (χ1v) is 10.9. The average Bonchev–Trinajstić information content (AvgIpc) is 2.58. The van der Waals surface area contributed by atoms with Gasteiger partial charge in [-0.05, 0) is 46.3 Å². The molecule has 3 nitrogen and oxygen atoms in total. The minimum Gasteiger partial charge on any atom is -0.507 e. The summed E-state index contributed by atoms with van der Waals surface area (Å²) in [5.41, 5.74) is 2.99. The van der Waals surface area contributed by atoms with Crippen molar-refractivity contribution >= 4 is 5.97 Å². The van der Waals surface area contributed by atoms with Gasteiger partial charge in [-0.15, -0.1) is 0 Å². The Morgan fingerprint density at radius 3 is 1.93 bits per heavy atom. The van der Waals surface area contributed by atoms with Crippen molar-refractivity contribution in [1.82, 2.24) is 0 Å². The molecule has 160 valence electrons. The van der Waals surface area contributed by atoms with Gasteiger partial charge in [-0.3, -0.25) is 4.79 Å². The maximum Gasteiger partial charge on any atom is 0.305 e. The lowest BCUT2D eigenvalue weighted by Gasteiger charge is -2.30. The van der Waals surface area contributed by atoms with Gasteiger partial charge in [0.15, 0.2) is 0 Å². The lowest BCUT2D eigenvalue weighted by molar-refractivity contribution is -0.143. The van der Waals surface area contributed by atoms with Crippen LogP contribution in [0, 0.1) is 0 Å². The van der Waals surface area contributed by atoms with E-state index in [2.05, 4.69) is 60.6 Å². The molecule has 1 aromatic carbocycles. The van der Waals surface area contributed by atoms with Crippen LogP contribution in [0.15, 0.2) is 12.1 Å². The van der Waals surface area contributed by atoms with Gasteiger partial charge in [-0.1, -0.05) is 86.8 Å². The number of carbonyl (C=O) groups is 1. The van der Waals surface area contributed by atoms with Gasteiger partial charge in [0.05, 0.1) is 6.61 Å². The average molecular weight is 391 g/mol. The van der Waals surface area contributed by atoms with E-state index in [1.807, 2.05) is 6.92 Å². The van der Waals surface area contributed by atoms with Crippen molar-refractivity contribution in [2.75, 3.05) is 6.61 Å². The van der Waals surface area contributed by atoms with Crippen molar-refractivity contribution in [2.45, 2.75) is 111 Å². The molecule has 1 N–H and O–H groups in total. The fourth-order valence-corrected chi connectivity index (χ4v) is 3.57. The highest BCUT2D eigenvalue weighted by Crippen LogP contribution is 2.42. The third-order valence-electron chi connectivity index (χ3n) is 5.39. The van der Waals surface area contributed by atoms with Crippen molar-refractivity contribution < 1.29 is 14.6 Å². The number of hydrogen-bond donors (Lipinski definition) is 1. The Kier molecular flexibility index (Phi) is 9.04. The molecule has 0 heterocycles. The Labute approximate surface area is 172 Å². The van der Waals surface area contributed by atoms with Crippen LogP contribution in [0.3, 0.4) is 0 Å². The standard InChI is InChI=1S/C25H42O3/c1-9-11-12-13-18(14-15-28-22(26)10-2)19-16-20(24(3,4)5)23(27)21(17-19)25(6,7)8/h16-18,27H,9-15H2,1-8H3. The third-order valence-corrected chi connectivity index (χ3v) is 5.39. The number of aromatic hydroxyl groups is 1. The number of ether oxygens (including phenoxy) is 1. The maximum absolute atomic E-state index is 11.6. The molecule has 0 bridgehead atoms. The van der Waals surface area contributed by atoms with Crippen LogP contribution in [0.1, 0.15) is 117 Å². The fraction of sp³-hybridized carbons (Fsp3) is 0.720. The molecule has 0 saturated carbocycles. The molecule has 1 unspecified atom stereocenters. The molecule has 28 heavy (non-hydrogen) atoms. The second kappa shape index (κ2) is 10.3. The topological polar surface area (TPSA) is 46.5 Å². The van der Waals surface area contributed by atoms with Crippen LogP contribution in [0.5, 0.6) is 5.75 Å². The predicted octanol–water partition coefficient (Wildman–Crippen LogP) is 6.99. The molecule has 0 fully saturated rings. The Morgan fingerprint density at radius 1 is 0.964 bits per heavy atom. The normalized spacial score (nSPS) is 13.4. The highest BCUT2D eigenvalue weighted by Gasteiger charge is 2.28. The van der Waals surface area contributed by atoms with Crippen LogP contribution in [0.4, 0.5) is 0 Å². The predicted molar refractivity (Wildman–Crippen MR) is 118 cm³/mol. The van der Waals surface area contributed by atoms with Gasteiger partial charge in [0.25, 0.3) is 0 Å². The first-order chi connectivity index (χ1) is 12.9. The lowest BCUT2D eigenvalue weighted by atomic mass is 9.76. The quantitative estimate of drug-likeness (QED) is 0.365. The zero-order chi connectivity index (χ0) is 21.5. The number of carbonyl (C=O) groups excluding carboxylic acids is 1. The van der Waals surface area contributed by atoms with E-state index in [9.17, 15) is 9.90 Å². The van der Waals surface area contributed by atoms with Crippen LogP contribution in [0.25, 0.3) is 0 Å². The first kappa shape index (κ1) is 24.5. The maximum atomic E-state index is 11.6. The molecule has 0 aromatic heterocycles. The smallest absolute Gasteiger partial charge is 0.305 e. The summed E-state index contributed by atoms with van der Waals surface area (Å²) in [5.74, 6) is 0.622. The van der Waals surface area contributed by atoms with Crippen LogP contribution in [-0.4, -0.2) is 17.7 Å². The van der Waals surface area contributed by atoms with Crippen molar-refractivity contribution in [2.24, 2.45) is 0 Å². The Morgan fingerprint density at radius 2 is 1.50 bits per heavy atom. The summed E-state index contributed by atoms with van der Waals surface area (Å²) in [6.45, 7) is 17.4. The molecule has 0 saturated heterocycles. The van der Waals surface area contributed by atoms with Gasteiger partial charge in [0.1, 0.15) is 5.75 Å². The SMILES string of the molecule is CCCCCC(CCOC(=O)CC)c1cc(C(C)(C)C)c(O)c(C(C)(C)C)c1. The molecule has 0 radical (unpaired) electrons. The lowest BCUT2D eigenvalue weighted by Crippen LogP contribution is -2.19. The van der Waals surface area contributed by atoms with E-state index in [0.717, 1.165) is 24.0 Å². The van der Waals surface area contributed by atoms with Gasteiger partial charge in [0.2, 0.25) is 0 Å². The van der Waals surface area contributed by atoms with E-state index in [1.165, 1.54) is 24.8 Å². The minimum absolute atomic E-state index is 0.135. The van der Waals surface area contributed by atoms with Crippen molar-refractivity contribution in [3.63, 3.8) is 0 Å². The third kappa shape index (κ3) is 7.14. The molecule has 0 aliphatic rings. The highest BCUT2D eigenvalue weighted by molar-refractivity contribution is 5.68. The van der Waals surface area contributed by atoms with Crippen molar-refractivity contribution in [3.05, 3.63) is 28.8 Å². The molecule has 1 rings (SSSR count). The van der Waals surface area contributed by atoms with Crippen molar-refractivity contribution in [3.8, 4) is 5.75 Å². The van der Waals surface area contributed by atoms with Gasteiger partial charge in [-0.25, -0.2) is 0 Å². The number of rotatable bonds is 9. The fourth-order valence-electron chi connectivity index (χ4n) is 3.57. The molecule has 1 atom stereocenters. The van der Waals surface area contributed by atoms with E-state index in [4.69, 9.17) is 4.74 Å². The molecular weight excluding hydrogens is 348 g/mol. The number of phenols is 1. The summed E-state index contributed by atoms with van der Waals surface area (Å²) >= 11 is 0. The number of esters is 1. The Hall–Kier alpha value is -1.51. The summed E-state index contributed by atoms with van der Waals surface area (Å²) in [4.78, 5) is 11.6. The Bertz CT molecular complexity index is 597. The molecule has 0 spiro atoms. The van der Waals surface area contributed by atoms with Gasteiger partial charge < -0.3 is 9.84 Å². The summed E-state index contributed by atoms with van der Waals surface area (Å²) in [6.07, 6.45) is 5.89. The Balaban J connectivity index is 3.30. The van der Waals surface area contributed by atoms with Crippen LogP contribution in [0.2, 0.25) is 0 Å². The molecule has 0 aliphatic carbocycles. The van der Waals surface area contributed by atoms with Gasteiger partial charge >= 0.3 is 5.97 Å². The van der Waals surface area contributed by atoms with Crippen LogP contribution < -0.4 is 0 Å². The van der Waals surface area contributed by atoms with Gasteiger partial charge in [-0.2, -0.15) is 0 Å². The second-order valence-corrected chi connectivity index (χ2v) is 10.0. The van der Waals surface area contributed by atoms with Crippen molar-refractivity contribution in [1.29, 1.82) is 0 Å². The van der Waals surface area contributed by atoms with E-state index < -0.39 is 0 Å². The van der Waals surface area contributed by atoms with E-state index in [-0.39, 0.29) is 16.8 Å². The number of unbranched alkanes of at least 4 members (excludes halogenated alkanes) is 2. The molecule has 0 aliphatic heterocycles. The van der Waals surface area contributed by atoms with E-state index in [1.54, 1.807) is 0 Å². The highest BCUT2D eigenvalue weighted by atomic mass is 16.5. The van der Waals surface area contributed by atoms with Crippen LogP contribution in [-0.2, 0) is 20.4 Å². The summed E-state index contributed by atoms with van der Waals surface area (Å²) < 4.78 is 5.38. The number of hydrogen-bond acceptors (Lipinski definition) is 3. The summed E-state index contributed by atoms with van der Waals surface area (Å²) in [6, 6.07) is 4.37. The molecule has 1 aromatic rings. The molecule has 0 amide bonds. The summed E-state index contributed by atoms with van der Waals surface area (Å²) in [5, 5.41) is 11.0. The zero-order valence-corrected chi connectivity index (χ0v) is 19.4. The number of benzene rings is 1. The van der Waals surface area contributed by atoms with E-state index in [0.29, 0.717) is 24.7 Å². The number of phenolic OH excluding ortho intramolecular Hbond substituents is 1. The zero-order valence-electron chi connectivity index (χ0n) is 19.4.